The summed E-state index contributed by atoms with van der Waals surface area (Å²) >= 11 is 0. The van der Waals surface area contributed by atoms with Crippen molar-refractivity contribution in [3.05, 3.63) is 29.8 Å². The minimum absolute atomic E-state index is 0.139. The lowest BCUT2D eigenvalue weighted by molar-refractivity contribution is 0.0184. The molecule has 1 fully saturated rings. The molecule has 1 saturated carbocycles. The van der Waals surface area contributed by atoms with Crippen LogP contribution in [0.25, 0.3) is 0 Å². The summed E-state index contributed by atoms with van der Waals surface area (Å²) in [4.78, 5) is 0. The molecule has 1 aliphatic carbocycles. The van der Waals surface area contributed by atoms with Crippen LogP contribution in [0.1, 0.15) is 24.8 Å². The Labute approximate surface area is 96.4 Å². The summed E-state index contributed by atoms with van der Waals surface area (Å²) in [5, 5.41) is 13.9. The van der Waals surface area contributed by atoms with Crippen LogP contribution in [0.15, 0.2) is 24.3 Å². The Morgan fingerprint density at radius 1 is 1.50 bits per heavy atom. The standard InChI is InChI=1S/C13H19NO2/c1-14-12-7-4-8-13(12,15)10-5-3-6-11(9-10)16-2/h3,5-6,9,12,14-15H,4,7-8H2,1-2H3/t12-,13+/m0/s1. The normalized spacial score (nSPS) is 29.3. The molecule has 1 aromatic rings. The van der Waals surface area contributed by atoms with Crippen molar-refractivity contribution < 1.29 is 9.84 Å². The minimum Gasteiger partial charge on any atom is -0.497 e. The molecule has 3 nitrogen and oxygen atoms in total. The van der Waals surface area contributed by atoms with Gasteiger partial charge in [-0.25, -0.2) is 0 Å². The smallest absolute Gasteiger partial charge is 0.119 e. The molecule has 0 bridgehead atoms. The van der Waals surface area contributed by atoms with Crippen molar-refractivity contribution in [3.8, 4) is 5.75 Å². The van der Waals surface area contributed by atoms with Crippen LogP contribution < -0.4 is 10.1 Å². The fourth-order valence-electron chi connectivity index (χ4n) is 2.61. The van der Waals surface area contributed by atoms with Gasteiger partial charge in [-0.15, -0.1) is 0 Å². The van der Waals surface area contributed by atoms with Crippen molar-refractivity contribution >= 4 is 0 Å². The monoisotopic (exact) mass is 221 g/mol. The highest BCUT2D eigenvalue weighted by Crippen LogP contribution is 2.39. The van der Waals surface area contributed by atoms with E-state index in [0.717, 1.165) is 30.6 Å². The van der Waals surface area contributed by atoms with E-state index in [0.29, 0.717) is 0 Å². The lowest BCUT2D eigenvalue weighted by Gasteiger charge is -2.30. The summed E-state index contributed by atoms with van der Waals surface area (Å²) < 4.78 is 5.20. The Balaban J connectivity index is 2.34. The molecule has 0 spiro atoms. The first-order valence-electron chi connectivity index (χ1n) is 5.75. The van der Waals surface area contributed by atoms with E-state index >= 15 is 0 Å². The maximum absolute atomic E-state index is 10.7. The average molecular weight is 221 g/mol. The molecule has 0 unspecified atom stereocenters. The van der Waals surface area contributed by atoms with Crippen molar-refractivity contribution in [2.75, 3.05) is 14.2 Å². The average Bonchev–Trinajstić information content (AvgIpc) is 2.72. The molecule has 88 valence electrons. The maximum atomic E-state index is 10.7. The van der Waals surface area contributed by atoms with Crippen LogP contribution in [0.3, 0.4) is 0 Å². The maximum Gasteiger partial charge on any atom is 0.119 e. The second kappa shape index (κ2) is 4.44. The zero-order valence-corrected chi connectivity index (χ0v) is 9.86. The molecule has 0 aromatic heterocycles. The van der Waals surface area contributed by atoms with Crippen molar-refractivity contribution in [2.45, 2.75) is 30.9 Å². The molecule has 2 rings (SSSR count). The third-order valence-corrected chi connectivity index (χ3v) is 3.55. The van der Waals surface area contributed by atoms with Crippen LogP contribution >= 0.6 is 0 Å². The summed E-state index contributed by atoms with van der Waals surface area (Å²) in [6.45, 7) is 0. The minimum atomic E-state index is -0.747. The third-order valence-electron chi connectivity index (χ3n) is 3.55. The largest absolute Gasteiger partial charge is 0.497 e. The van der Waals surface area contributed by atoms with E-state index in [4.69, 9.17) is 4.74 Å². The number of likely N-dealkylation sites (N-methyl/N-ethyl adjacent to an activating group) is 1. The van der Waals surface area contributed by atoms with Gasteiger partial charge < -0.3 is 15.2 Å². The number of benzene rings is 1. The van der Waals surface area contributed by atoms with E-state index in [1.807, 2.05) is 31.3 Å². The van der Waals surface area contributed by atoms with Gasteiger partial charge in [-0.05, 0) is 44.0 Å². The van der Waals surface area contributed by atoms with Crippen LogP contribution in [0, 0.1) is 0 Å². The lowest BCUT2D eigenvalue weighted by Crippen LogP contribution is -2.42. The van der Waals surface area contributed by atoms with Crippen LogP contribution in [0.2, 0.25) is 0 Å². The number of hydrogen-bond acceptors (Lipinski definition) is 3. The van der Waals surface area contributed by atoms with Crippen LogP contribution in [0.4, 0.5) is 0 Å². The highest BCUT2D eigenvalue weighted by Gasteiger charge is 2.41. The molecule has 2 N–H and O–H groups in total. The van der Waals surface area contributed by atoms with Gasteiger partial charge in [0.2, 0.25) is 0 Å². The van der Waals surface area contributed by atoms with E-state index in [2.05, 4.69) is 5.32 Å². The van der Waals surface area contributed by atoms with Gasteiger partial charge >= 0.3 is 0 Å². The summed E-state index contributed by atoms with van der Waals surface area (Å²) in [7, 11) is 3.55. The molecule has 2 atom stereocenters. The molecule has 0 heterocycles. The molecule has 1 aliphatic rings. The molecule has 0 aliphatic heterocycles. The molecule has 1 aromatic carbocycles. The highest BCUT2D eigenvalue weighted by atomic mass is 16.5. The topological polar surface area (TPSA) is 41.5 Å². The summed E-state index contributed by atoms with van der Waals surface area (Å²) in [6, 6.07) is 7.86. The first-order valence-corrected chi connectivity index (χ1v) is 5.75. The van der Waals surface area contributed by atoms with Crippen molar-refractivity contribution in [3.63, 3.8) is 0 Å². The SMILES string of the molecule is CN[C@H]1CCC[C@@]1(O)c1cccc(OC)c1. The number of rotatable bonds is 3. The van der Waals surface area contributed by atoms with Gasteiger partial charge in [0, 0.05) is 6.04 Å². The van der Waals surface area contributed by atoms with Crippen molar-refractivity contribution in [2.24, 2.45) is 0 Å². The predicted molar refractivity (Wildman–Crippen MR) is 63.6 cm³/mol. The number of aliphatic hydroxyl groups is 1. The Hall–Kier alpha value is -1.06. The molecule has 0 radical (unpaired) electrons. The zero-order valence-electron chi connectivity index (χ0n) is 9.86. The van der Waals surface area contributed by atoms with E-state index in [9.17, 15) is 5.11 Å². The van der Waals surface area contributed by atoms with Gasteiger partial charge in [-0.3, -0.25) is 0 Å². The molecule has 3 heteroatoms. The van der Waals surface area contributed by atoms with Crippen LogP contribution in [-0.2, 0) is 5.60 Å². The predicted octanol–water partition coefficient (Wildman–Crippen LogP) is 1.65. The van der Waals surface area contributed by atoms with Gasteiger partial charge in [0.25, 0.3) is 0 Å². The number of hydrogen-bond donors (Lipinski definition) is 2. The van der Waals surface area contributed by atoms with Gasteiger partial charge in [0.1, 0.15) is 11.4 Å². The summed E-state index contributed by atoms with van der Waals surface area (Å²) in [6.07, 6.45) is 2.88. The Bertz CT molecular complexity index is 367. The van der Waals surface area contributed by atoms with E-state index < -0.39 is 5.60 Å². The number of ether oxygens (including phenoxy) is 1. The van der Waals surface area contributed by atoms with Gasteiger partial charge in [0.05, 0.1) is 7.11 Å². The second-order valence-electron chi connectivity index (χ2n) is 4.39. The van der Waals surface area contributed by atoms with Crippen LogP contribution in [0.5, 0.6) is 5.75 Å². The molecule has 16 heavy (non-hydrogen) atoms. The summed E-state index contributed by atoms with van der Waals surface area (Å²) in [5.41, 5.74) is 0.201. The van der Waals surface area contributed by atoms with Crippen LogP contribution in [-0.4, -0.2) is 25.3 Å². The Morgan fingerprint density at radius 3 is 3.00 bits per heavy atom. The number of nitrogens with one attached hydrogen (secondary N) is 1. The van der Waals surface area contributed by atoms with Gasteiger partial charge in [-0.2, -0.15) is 0 Å². The lowest BCUT2D eigenvalue weighted by atomic mass is 9.88. The van der Waals surface area contributed by atoms with E-state index in [-0.39, 0.29) is 6.04 Å². The Kier molecular flexibility index (Phi) is 3.17. The van der Waals surface area contributed by atoms with E-state index in [1.54, 1.807) is 7.11 Å². The Morgan fingerprint density at radius 2 is 2.31 bits per heavy atom. The second-order valence-corrected chi connectivity index (χ2v) is 4.39. The first-order chi connectivity index (χ1) is 7.70. The number of methoxy groups -OCH3 is 1. The quantitative estimate of drug-likeness (QED) is 0.815. The molecular weight excluding hydrogens is 202 g/mol. The van der Waals surface area contributed by atoms with E-state index in [1.165, 1.54) is 0 Å². The molecular formula is C13H19NO2. The van der Waals surface area contributed by atoms with Crippen molar-refractivity contribution in [1.82, 2.24) is 5.32 Å². The molecule has 0 saturated heterocycles. The van der Waals surface area contributed by atoms with Gasteiger partial charge in [-0.1, -0.05) is 12.1 Å². The van der Waals surface area contributed by atoms with Gasteiger partial charge in [0.15, 0.2) is 0 Å². The first kappa shape index (κ1) is 11.4. The highest BCUT2D eigenvalue weighted by molar-refractivity contribution is 5.34. The van der Waals surface area contributed by atoms with Crippen molar-refractivity contribution in [1.29, 1.82) is 0 Å². The summed E-state index contributed by atoms with van der Waals surface area (Å²) in [5.74, 6) is 0.799. The zero-order chi connectivity index (χ0) is 11.6. The third kappa shape index (κ3) is 1.81. The fourth-order valence-corrected chi connectivity index (χ4v) is 2.61. The fraction of sp³-hybridized carbons (Fsp3) is 0.538. The molecule has 0 amide bonds.